The van der Waals surface area contributed by atoms with Gasteiger partial charge in [0.15, 0.2) is 23.7 Å². The molecule has 0 spiro atoms. The summed E-state index contributed by atoms with van der Waals surface area (Å²) < 4.78 is 21.3. The Bertz CT molecular complexity index is 1010. The molecule has 1 aliphatic heterocycles. The lowest BCUT2D eigenvalue weighted by molar-refractivity contribution is -0.146. The molecule has 1 amide bonds. The van der Waals surface area contributed by atoms with Crippen LogP contribution in [0, 0.1) is 0 Å². The maximum atomic E-state index is 12.1. The van der Waals surface area contributed by atoms with Crippen molar-refractivity contribution in [2.45, 2.75) is 12.8 Å². The van der Waals surface area contributed by atoms with Gasteiger partial charge in [-0.15, -0.1) is 0 Å². The zero-order valence-electron chi connectivity index (χ0n) is 15.0. The van der Waals surface area contributed by atoms with E-state index in [0.29, 0.717) is 41.7 Å². The Morgan fingerprint density at radius 2 is 1.89 bits per heavy atom. The van der Waals surface area contributed by atoms with Crippen molar-refractivity contribution in [2.75, 3.05) is 25.1 Å². The lowest BCUT2D eigenvalue weighted by atomic mass is 10.2. The molecule has 0 aliphatic carbocycles. The van der Waals surface area contributed by atoms with Crippen LogP contribution in [-0.4, -0.2) is 36.9 Å². The third-order valence-electron chi connectivity index (χ3n) is 4.16. The summed E-state index contributed by atoms with van der Waals surface area (Å²) in [5.41, 5.74) is 1.61. The van der Waals surface area contributed by atoms with Gasteiger partial charge in [0.05, 0.1) is 19.6 Å². The van der Waals surface area contributed by atoms with Crippen LogP contribution in [0.15, 0.2) is 47.0 Å². The van der Waals surface area contributed by atoms with Gasteiger partial charge >= 0.3 is 5.97 Å². The number of carbonyl (C=O) groups is 2. The van der Waals surface area contributed by atoms with Crippen molar-refractivity contribution in [1.82, 2.24) is 5.16 Å². The number of esters is 1. The van der Waals surface area contributed by atoms with E-state index in [4.69, 9.17) is 18.7 Å². The third-order valence-corrected chi connectivity index (χ3v) is 4.16. The van der Waals surface area contributed by atoms with E-state index in [-0.39, 0.29) is 6.42 Å². The monoisotopic (exact) mass is 382 g/mol. The van der Waals surface area contributed by atoms with Gasteiger partial charge in [-0.1, -0.05) is 17.3 Å². The number of rotatable bonds is 5. The fourth-order valence-electron chi connectivity index (χ4n) is 2.84. The highest BCUT2D eigenvalue weighted by Crippen LogP contribution is 2.32. The zero-order chi connectivity index (χ0) is 19.3. The fraction of sp³-hybridized carbons (Fsp3) is 0.250. The number of nitrogens with one attached hydrogen (secondary N) is 1. The van der Waals surface area contributed by atoms with E-state index in [0.717, 1.165) is 11.8 Å². The summed E-state index contributed by atoms with van der Waals surface area (Å²) in [5.74, 6) is 0.202. The molecular weight excluding hydrogens is 364 g/mol. The first-order valence-corrected chi connectivity index (χ1v) is 8.87. The molecule has 0 radical (unpaired) electrons. The lowest BCUT2D eigenvalue weighted by Crippen LogP contribution is -2.21. The molecule has 1 aromatic heterocycles. The van der Waals surface area contributed by atoms with Gasteiger partial charge in [-0.2, -0.15) is 0 Å². The predicted molar refractivity (Wildman–Crippen MR) is 99.4 cm³/mol. The highest BCUT2D eigenvalue weighted by molar-refractivity contribution is 5.93. The summed E-state index contributed by atoms with van der Waals surface area (Å²) in [5, 5.41) is 7.29. The lowest BCUT2D eigenvalue weighted by Gasteiger charge is -2.10. The van der Waals surface area contributed by atoms with Crippen LogP contribution < -0.4 is 14.8 Å². The van der Waals surface area contributed by atoms with E-state index in [2.05, 4.69) is 10.5 Å². The highest BCUT2D eigenvalue weighted by Gasteiger charge is 2.15. The maximum Gasteiger partial charge on any atom is 0.312 e. The number of anilines is 1. The maximum absolute atomic E-state index is 12.1. The summed E-state index contributed by atoms with van der Waals surface area (Å²) in [7, 11) is 0. The first-order chi connectivity index (χ1) is 13.7. The van der Waals surface area contributed by atoms with E-state index < -0.39 is 18.5 Å². The Morgan fingerprint density at radius 3 is 2.79 bits per heavy atom. The van der Waals surface area contributed by atoms with Crippen molar-refractivity contribution in [2.24, 2.45) is 0 Å². The smallest absolute Gasteiger partial charge is 0.312 e. The Balaban J connectivity index is 1.30. The first kappa shape index (κ1) is 17.8. The second-order valence-electron chi connectivity index (χ2n) is 6.22. The van der Waals surface area contributed by atoms with Crippen molar-refractivity contribution >= 4 is 28.5 Å². The van der Waals surface area contributed by atoms with Gasteiger partial charge in [0.1, 0.15) is 5.69 Å². The average molecular weight is 382 g/mol. The van der Waals surface area contributed by atoms with Gasteiger partial charge in [0.2, 0.25) is 0 Å². The standard InChI is InChI=1S/C20H18N2O6/c23-19(21-13-6-7-17-18(10-13)26-9-3-8-25-17)12-27-20(24)11-15-14-4-1-2-5-16(14)28-22-15/h1-2,4-7,10H,3,8-9,11-12H2,(H,21,23). The zero-order valence-corrected chi connectivity index (χ0v) is 15.0. The molecule has 0 atom stereocenters. The molecule has 4 rings (SSSR count). The second-order valence-corrected chi connectivity index (χ2v) is 6.22. The summed E-state index contributed by atoms with van der Waals surface area (Å²) in [4.78, 5) is 24.1. The molecule has 2 heterocycles. The van der Waals surface area contributed by atoms with Crippen LogP contribution in [0.25, 0.3) is 11.0 Å². The van der Waals surface area contributed by atoms with Gasteiger partial charge in [-0.3, -0.25) is 9.59 Å². The first-order valence-electron chi connectivity index (χ1n) is 8.87. The van der Waals surface area contributed by atoms with Gasteiger partial charge in [0, 0.05) is 23.6 Å². The van der Waals surface area contributed by atoms with E-state index in [9.17, 15) is 9.59 Å². The molecule has 1 aliphatic rings. The van der Waals surface area contributed by atoms with Crippen LogP contribution in [0.5, 0.6) is 11.5 Å². The number of fused-ring (bicyclic) bond motifs is 2. The number of hydrogen-bond donors (Lipinski definition) is 1. The van der Waals surface area contributed by atoms with Crippen molar-refractivity contribution in [3.8, 4) is 11.5 Å². The molecule has 3 aromatic rings. The van der Waals surface area contributed by atoms with Gasteiger partial charge < -0.3 is 24.1 Å². The van der Waals surface area contributed by atoms with Crippen LogP contribution >= 0.6 is 0 Å². The molecule has 2 aromatic carbocycles. The minimum absolute atomic E-state index is 0.0751. The molecule has 0 bridgehead atoms. The molecule has 144 valence electrons. The molecule has 0 saturated heterocycles. The molecule has 1 N–H and O–H groups in total. The van der Waals surface area contributed by atoms with E-state index in [1.54, 1.807) is 24.3 Å². The van der Waals surface area contributed by atoms with E-state index in [1.807, 2.05) is 18.2 Å². The Kier molecular flexibility index (Phi) is 5.09. The molecule has 8 heteroatoms. The van der Waals surface area contributed by atoms with Crippen molar-refractivity contribution in [3.63, 3.8) is 0 Å². The Hall–Kier alpha value is -3.55. The summed E-state index contributed by atoms with van der Waals surface area (Å²) in [6.45, 7) is 0.747. The van der Waals surface area contributed by atoms with Crippen LogP contribution in [0.4, 0.5) is 5.69 Å². The minimum atomic E-state index is -0.562. The number of aromatic nitrogens is 1. The van der Waals surface area contributed by atoms with Crippen LogP contribution in [0.1, 0.15) is 12.1 Å². The number of carbonyl (C=O) groups excluding carboxylic acids is 2. The van der Waals surface area contributed by atoms with Gasteiger partial charge in [-0.05, 0) is 24.3 Å². The topological polar surface area (TPSA) is 99.9 Å². The Labute approximate surface area is 160 Å². The summed E-state index contributed by atoms with van der Waals surface area (Å²) in [6, 6.07) is 12.3. The van der Waals surface area contributed by atoms with Crippen LogP contribution in [-0.2, 0) is 20.7 Å². The SMILES string of the molecule is O=C(COC(=O)Cc1noc2ccccc12)Nc1ccc2c(c1)OCCCO2. The quantitative estimate of drug-likeness (QED) is 0.677. The molecule has 8 nitrogen and oxygen atoms in total. The van der Waals surface area contributed by atoms with E-state index in [1.165, 1.54) is 0 Å². The van der Waals surface area contributed by atoms with Crippen molar-refractivity contribution in [1.29, 1.82) is 0 Å². The largest absolute Gasteiger partial charge is 0.490 e. The van der Waals surface area contributed by atoms with Crippen molar-refractivity contribution < 1.29 is 28.3 Å². The van der Waals surface area contributed by atoms with Gasteiger partial charge in [0.25, 0.3) is 5.91 Å². The number of hydrogen-bond acceptors (Lipinski definition) is 7. The number of nitrogens with zero attached hydrogens (tertiary/aromatic N) is 1. The van der Waals surface area contributed by atoms with Crippen molar-refractivity contribution in [3.05, 3.63) is 48.2 Å². The molecule has 28 heavy (non-hydrogen) atoms. The highest BCUT2D eigenvalue weighted by atomic mass is 16.5. The van der Waals surface area contributed by atoms with Gasteiger partial charge in [-0.25, -0.2) is 0 Å². The Morgan fingerprint density at radius 1 is 1.07 bits per heavy atom. The van der Waals surface area contributed by atoms with Crippen LogP contribution in [0.2, 0.25) is 0 Å². The average Bonchev–Trinajstić information content (AvgIpc) is 2.95. The number of para-hydroxylation sites is 1. The molecule has 0 saturated carbocycles. The van der Waals surface area contributed by atoms with Crippen LogP contribution in [0.3, 0.4) is 0 Å². The summed E-state index contributed by atoms with van der Waals surface area (Å²) in [6.07, 6.45) is 0.724. The number of ether oxygens (including phenoxy) is 3. The molecule has 0 fully saturated rings. The number of amides is 1. The normalized spacial score (nSPS) is 13.0. The predicted octanol–water partition coefficient (Wildman–Crippen LogP) is 2.71. The number of benzene rings is 2. The third kappa shape index (κ3) is 4.06. The molecule has 0 unspecified atom stereocenters. The van der Waals surface area contributed by atoms with E-state index >= 15 is 0 Å². The fourth-order valence-corrected chi connectivity index (χ4v) is 2.84. The summed E-state index contributed by atoms with van der Waals surface area (Å²) >= 11 is 0. The second kappa shape index (κ2) is 7.99. The minimum Gasteiger partial charge on any atom is -0.490 e. The molecular formula is C20H18N2O6.